The van der Waals surface area contributed by atoms with E-state index in [-0.39, 0.29) is 0 Å². The lowest BCUT2D eigenvalue weighted by Crippen LogP contribution is -2.07. The Morgan fingerprint density at radius 1 is 1.35 bits per heavy atom. The normalized spacial score (nSPS) is 11.0. The first-order valence-electron chi connectivity index (χ1n) is 4.73. The number of rotatable bonds is 3. The molecule has 1 aromatic carbocycles. The highest BCUT2D eigenvalue weighted by atomic mass is 19.3. The van der Waals surface area contributed by atoms with Gasteiger partial charge in [0.2, 0.25) is 0 Å². The molecule has 2 nitrogen and oxygen atoms in total. The molecule has 0 aliphatic heterocycles. The van der Waals surface area contributed by atoms with E-state index in [0.717, 1.165) is 0 Å². The summed E-state index contributed by atoms with van der Waals surface area (Å²) in [6, 6.07) is 6.20. The van der Waals surface area contributed by atoms with Crippen LogP contribution in [0.25, 0.3) is 0 Å². The lowest BCUT2D eigenvalue weighted by Gasteiger charge is -2.00. The minimum Gasteiger partial charge on any atom is -0.497 e. The first kappa shape index (κ1) is 13.1. The fourth-order valence-corrected chi connectivity index (χ4v) is 1.05. The summed E-state index contributed by atoms with van der Waals surface area (Å²) in [5.74, 6) is 4.50. The van der Waals surface area contributed by atoms with Gasteiger partial charge < -0.3 is 4.74 Å². The molecule has 0 atom stereocenters. The van der Waals surface area contributed by atoms with Crippen molar-refractivity contribution < 1.29 is 17.9 Å². The zero-order valence-electron chi connectivity index (χ0n) is 9.08. The molecule has 17 heavy (non-hydrogen) atoms. The quantitative estimate of drug-likeness (QED) is 0.588. The van der Waals surface area contributed by atoms with E-state index in [9.17, 15) is 13.2 Å². The van der Waals surface area contributed by atoms with Gasteiger partial charge in [-0.1, -0.05) is 5.92 Å². The summed E-state index contributed by atoms with van der Waals surface area (Å²) in [6.45, 7) is -0.978. The molecule has 0 spiro atoms. The SMILES string of the molecule is COc1ccc(N=C(C#CCF)C(F)F)cc1. The maximum atomic E-state index is 12.5. The number of hydrogen-bond acceptors (Lipinski definition) is 2. The van der Waals surface area contributed by atoms with Gasteiger partial charge in [-0.2, -0.15) is 0 Å². The van der Waals surface area contributed by atoms with Crippen molar-refractivity contribution in [3.05, 3.63) is 24.3 Å². The Hall–Kier alpha value is -1.96. The average molecular weight is 241 g/mol. The number of alkyl halides is 3. The van der Waals surface area contributed by atoms with Gasteiger partial charge in [-0.15, -0.1) is 0 Å². The van der Waals surface area contributed by atoms with E-state index in [0.29, 0.717) is 11.4 Å². The molecular weight excluding hydrogens is 231 g/mol. The second kappa shape index (κ2) is 6.59. The fourth-order valence-electron chi connectivity index (χ4n) is 1.05. The van der Waals surface area contributed by atoms with Crippen molar-refractivity contribution in [3.63, 3.8) is 0 Å². The molecule has 0 N–H and O–H groups in total. The van der Waals surface area contributed by atoms with Crippen LogP contribution in [0.3, 0.4) is 0 Å². The number of nitrogens with zero attached hydrogens (tertiary/aromatic N) is 1. The van der Waals surface area contributed by atoms with Gasteiger partial charge in [0, 0.05) is 0 Å². The molecule has 0 amide bonds. The number of halogens is 3. The second-order valence-electron chi connectivity index (χ2n) is 2.93. The number of aliphatic imine (C=N–C) groups is 1. The van der Waals surface area contributed by atoms with Crippen LogP contribution in [-0.2, 0) is 0 Å². The lowest BCUT2D eigenvalue weighted by atomic mass is 10.3. The van der Waals surface area contributed by atoms with Crippen LogP contribution >= 0.6 is 0 Å². The molecule has 0 fully saturated rings. The Bertz CT molecular complexity index is 443. The topological polar surface area (TPSA) is 21.6 Å². The summed E-state index contributed by atoms with van der Waals surface area (Å²) in [4.78, 5) is 3.64. The van der Waals surface area contributed by atoms with Gasteiger partial charge in [0.05, 0.1) is 12.8 Å². The predicted molar refractivity (Wildman–Crippen MR) is 59.8 cm³/mol. The van der Waals surface area contributed by atoms with Crippen LogP contribution in [0.15, 0.2) is 29.3 Å². The summed E-state index contributed by atoms with van der Waals surface area (Å²) in [6.07, 6.45) is -2.82. The van der Waals surface area contributed by atoms with Gasteiger partial charge in [0.25, 0.3) is 6.43 Å². The van der Waals surface area contributed by atoms with Crippen LogP contribution in [0.5, 0.6) is 5.75 Å². The van der Waals surface area contributed by atoms with E-state index < -0.39 is 18.8 Å². The molecule has 90 valence electrons. The molecule has 0 saturated carbocycles. The number of ether oxygens (including phenoxy) is 1. The lowest BCUT2D eigenvalue weighted by molar-refractivity contribution is 0.227. The Morgan fingerprint density at radius 2 is 2.00 bits per heavy atom. The van der Waals surface area contributed by atoms with Crippen molar-refractivity contribution in [3.8, 4) is 17.6 Å². The van der Waals surface area contributed by atoms with Crippen molar-refractivity contribution >= 4 is 11.4 Å². The summed E-state index contributed by atoms with van der Waals surface area (Å²) < 4.78 is 41.6. The number of benzene rings is 1. The molecule has 5 heteroatoms. The Kier molecular flexibility index (Phi) is 5.08. The molecule has 0 saturated heterocycles. The zero-order valence-corrected chi connectivity index (χ0v) is 9.08. The third kappa shape index (κ3) is 4.19. The van der Waals surface area contributed by atoms with E-state index in [4.69, 9.17) is 4.74 Å². The van der Waals surface area contributed by atoms with Crippen LogP contribution < -0.4 is 4.74 Å². The molecule has 1 aromatic rings. The third-order valence-corrected chi connectivity index (χ3v) is 1.81. The zero-order chi connectivity index (χ0) is 12.7. The largest absolute Gasteiger partial charge is 0.497 e. The Morgan fingerprint density at radius 3 is 2.47 bits per heavy atom. The highest BCUT2D eigenvalue weighted by molar-refractivity contribution is 6.04. The smallest absolute Gasteiger partial charge is 0.288 e. The van der Waals surface area contributed by atoms with Crippen molar-refractivity contribution in [2.45, 2.75) is 6.43 Å². The van der Waals surface area contributed by atoms with Crippen molar-refractivity contribution in [1.29, 1.82) is 0 Å². The van der Waals surface area contributed by atoms with E-state index in [1.54, 1.807) is 12.1 Å². The summed E-state index contributed by atoms with van der Waals surface area (Å²) in [7, 11) is 1.50. The van der Waals surface area contributed by atoms with Gasteiger partial charge in [-0.25, -0.2) is 18.2 Å². The van der Waals surface area contributed by atoms with Gasteiger partial charge in [0.15, 0.2) is 12.4 Å². The van der Waals surface area contributed by atoms with E-state index in [1.807, 2.05) is 11.8 Å². The minimum atomic E-state index is -2.82. The highest BCUT2D eigenvalue weighted by Gasteiger charge is 2.10. The molecular formula is C12H10F3NO. The summed E-state index contributed by atoms with van der Waals surface area (Å²) in [5, 5.41) is 0. The molecule has 0 aliphatic rings. The molecule has 0 radical (unpaired) electrons. The van der Waals surface area contributed by atoms with Crippen molar-refractivity contribution in [1.82, 2.24) is 0 Å². The van der Waals surface area contributed by atoms with Crippen LogP contribution in [0, 0.1) is 11.8 Å². The van der Waals surface area contributed by atoms with Crippen LogP contribution in [-0.4, -0.2) is 25.9 Å². The number of methoxy groups -OCH3 is 1. The average Bonchev–Trinajstić information content (AvgIpc) is 2.35. The number of hydrogen-bond donors (Lipinski definition) is 0. The van der Waals surface area contributed by atoms with Crippen molar-refractivity contribution in [2.75, 3.05) is 13.8 Å². The Labute approximate surface area is 97.1 Å². The second-order valence-corrected chi connectivity index (χ2v) is 2.93. The summed E-state index contributed by atoms with van der Waals surface area (Å²) >= 11 is 0. The van der Waals surface area contributed by atoms with Crippen LogP contribution in [0.2, 0.25) is 0 Å². The van der Waals surface area contributed by atoms with E-state index in [2.05, 4.69) is 4.99 Å². The third-order valence-electron chi connectivity index (χ3n) is 1.81. The first-order valence-corrected chi connectivity index (χ1v) is 4.73. The van der Waals surface area contributed by atoms with Crippen molar-refractivity contribution in [2.24, 2.45) is 4.99 Å². The van der Waals surface area contributed by atoms with Crippen LogP contribution in [0.1, 0.15) is 0 Å². The first-order chi connectivity index (χ1) is 8.17. The van der Waals surface area contributed by atoms with Gasteiger partial charge in [0.1, 0.15) is 5.75 Å². The molecule has 0 heterocycles. The van der Waals surface area contributed by atoms with Gasteiger partial charge in [-0.05, 0) is 30.2 Å². The molecule has 0 aromatic heterocycles. The molecule has 1 rings (SSSR count). The van der Waals surface area contributed by atoms with Gasteiger partial charge in [-0.3, -0.25) is 0 Å². The molecule has 0 aliphatic carbocycles. The Balaban J connectivity index is 2.96. The molecule has 0 unspecified atom stereocenters. The highest BCUT2D eigenvalue weighted by Crippen LogP contribution is 2.18. The van der Waals surface area contributed by atoms with E-state index >= 15 is 0 Å². The standard InChI is InChI=1S/C12H10F3NO/c1-17-10-6-4-9(5-7-10)16-11(12(14)15)3-2-8-13/h4-7,12H,8H2,1H3. The van der Waals surface area contributed by atoms with Crippen LogP contribution in [0.4, 0.5) is 18.9 Å². The monoisotopic (exact) mass is 241 g/mol. The maximum Gasteiger partial charge on any atom is 0.288 e. The van der Waals surface area contributed by atoms with E-state index in [1.165, 1.54) is 19.2 Å². The molecule has 0 bridgehead atoms. The van der Waals surface area contributed by atoms with Gasteiger partial charge >= 0.3 is 0 Å². The predicted octanol–water partition coefficient (Wildman–Crippen LogP) is 3.01. The maximum absolute atomic E-state index is 12.5. The minimum absolute atomic E-state index is 0.314. The summed E-state index contributed by atoms with van der Waals surface area (Å²) in [5.41, 5.74) is -0.331. The fraction of sp³-hybridized carbons (Fsp3) is 0.250.